The highest BCUT2D eigenvalue weighted by atomic mass is 16.5. The third kappa shape index (κ3) is 2.98. The minimum atomic E-state index is 0.563. The summed E-state index contributed by atoms with van der Waals surface area (Å²) in [5.74, 6) is 1.65. The Hall–Kier alpha value is -1.18. The number of rotatable bonds is 3. The second kappa shape index (κ2) is 4.75. The van der Waals surface area contributed by atoms with Crippen LogP contribution in [0.1, 0.15) is 13.3 Å². The zero-order valence-corrected chi connectivity index (χ0v) is 8.34. The summed E-state index contributed by atoms with van der Waals surface area (Å²) in [4.78, 5) is 0. The SMILES string of the molecule is C=C(/C=C\C=C1\OCCC1C)NC. The van der Waals surface area contributed by atoms with Gasteiger partial charge in [-0.15, -0.1) is 0 Å². The van der Waals surface area contributed by atoms with E-state index in [-0.39, 0.29) is 0 Å². The van der Waals surface area contributed by atoms with Gasteiger partial charge in [0.25, 0.3) is 0 Å². The Labute approximate surface area is 80.0 Å². The van der Waals surface area contributed by atoms with Crippen molar-refractivity contribution in [1.82, 2.24) is 5.32 Å². The molecule has 0 aliphatic carbocycles. The largest absolute Gasteiger partial charge is 0.498 e. The van der Waals surface area contributed by atoms with Crippen molar-refractivity contribution in [2.75, 3.05) is 13.7 Å². The zero-order chi connectivity index (χ0) is 9.68. The maximum absolute atomic E-state index is 5.44. The van der Waals surface area contributed by atoms with Crippen molar-refractivity contribution in [3.63, 3.8) is 0 Å². The van der Waals surface area contributed by atoms with Crippen LogP contribution in [0.15, 0.2) is 36.3 Å². The molecule has 1 aliphatic heterocycles. The van der Waals surface area contributed by atoms with E-state index < -0.39 is 0 Å². The number of hydrogen-bond donors (Lipinski definition) is 1. The third-order valence-electron chi connectivity index (χ3n) is 2.18. The van der Waals surface area contributed by atoms with Gasteiger partial charge in [0.15, 0.2) is 0 Å². The van der Waals surface area contributed by atoms with Crippen LogP contribution < -0.4 is 5.32 Å². The van der Waals surface area contributed by atoms with Gasteiger partial charge in [-0.05, 0) is 18.6 Å². The Morgan fingerprint density at radius 1 is 1.69 bits per heavy atom. The summed E-state index contributed by atoms with van der Waals surface area (Å²) < 4.78 is 5.44. The molecule has 0 saturated carbocycles. The third-order valence-corrected chi connectivity index (χ3v) is 2.18. The summed E-state index contributed by atoms with van der Waals surface area (Å²) in [5, 5.41) is 2.95. The molecule has 2 heteroatoms. The summed E-state index contributed by atoms with van der Waals surface area (Å²) in [7, 11) is 1.86. The van der Waals surface area contributed by atoms with Crippen molar-refractivity contribution in [1.29, 1.82) is 0 Å². The lowest BCUT2D eigenvalue weighted by molar-refractivity contribution is 0.260. The summed E-state index contributed by atoms with van der Waals surface area (Å²) in [6.45, 7) is 6.82. The molecule has 1 unspecified atom stereocenters. The monoisotopic (exact) mass is 179 g/mol. The zero-order valence-electron chi connectivity index (χ0n) is 8.34. The molecule has 1 heterocycles. The molecule has 13 heavy (non-hydrogen) atoms. The first kappa shape index (κ1) is 9.90. The molecule has 0 aromatic carbocycles. The normalized spacial score (nSPS) is 25.1. The average molecular weight is 179 g/mol. The van der Waals surface area contributed by atoms with Crippen LogP contribution in [0.5, 0.6) is 0 Å². The van der Waals surface area contributed by atoms with Crippen molar-refractivity contribution in [2.24, 2.45) is 5.92 Å². The average Bonchev–Trinajstić information content (AvgIpc) is 2.52. The van der Waals surface area contributed by atoms with E-state index in [0.717, 1.165) is 24.5 Å². The van der Waals surface area contributed by atoms with Crippen LogP contribution in [-0.4, -0.2) is 13.7 Å². The molecule has 1 aliphatic rings. The van der Waals surface area contributed by atoms with Gasteiger partial charge in [-0.1, -0.05) is 19.6 Å². The first-order valence-corrected chi connectivity index (χ1v) is 4.61. The number of ether oxygens (including phenoxy) is 1. The fraction of sp³-hybridized carbons (Fsp3) is 0.455. The Kier molecular flexibility index (Phi) is 3.62. The van der Waals surface area contributed by atoms with Gasteiger partial charge in [0.1, 0.15) is 0 Å². The smallest absolute Gasteiger partial charge is 0.0989 e. The van der Waals surface area contributed by atoms with Crippen molar-refractivity contribution < 1.29 is 4.74 Å². The first-order valence-electron chi connectivity index (χ1n) is 4.61. The fourth-order valence-electron chi connectivity index (χ4n) is 1.19. The number of hydrogen-bond acceptors (Lipinski definition) is 2. The lowest BCUT2D eigenvalue weighted by Crippen LogP contribution is -2.00. The second-order valence-electron chi connectivity index (χ2n) is 3.24. The standard InChI is InChI=1S/C11H17NO/c1-9-7-8-13-11(9)6-4-5-10(2)12-3/h4-6,9,12H,2,7-8H2,1,3H3/b5-4-,11-6+. The molecule has 0 aromatic rings. The molecular weight excluding hydrogens is 162 g/mol. The van der Waals surface area contributed by atoms with Gasteiger partial charge in [0, 0.05) is 18.7 Å². The molecule has 0 amide bonds. The van der Waals surface area contributed by atoms with E-state index in [2.05, 4.69) is 18.8 Å². The number of likely N-dealkylation sites (N-methyl/N-ethyl adjacent to an activating group) is 1. The molecular formula is C11H17NO. The van der Waals surface area contributed by atoms with E-state index in [9.17, 15) is 0 Å². The van der Waals surface area contributed by atoms with Crippen molar-refractivity contribution in [3.05, 3.63) is 36.3 Å². The summed E-state index contributed by atoms with van der Waals surface area (Å²) in [6, 6.07) is 0. The van der Waals surface area contributed by atoms with Gasteiger partial charge in [0.05, 0.1) is 12.4 Å². The Bertz CT molecular complexity index is 240. The molecule has 1 N–H and O–H groups in total. The van der Waals surface area contributed by atoms with Crippen LogP contribution in [0.3, 0.4) is 0 Å². The lowest BCUT2D eigenvalue weighted by Gasteiger charge is -2.00. The summed E-state index contributed by atoms with van der Waals surface area (Å²) in [6.07, 6.45) is 7.05. The number of nitrogens with one attached hydrogen (secondary N) is 1. The van der Waals surface area contributed by atoms with Crippen LogP contribution in [-0.2, 0) is 4.74 Å². The Morgan fingerprint density at radius 2 is 2.46 bits per heavy atom. The predicted octanol–water partition coefficient (Wildman–Crippen LogP) is 2.22. The molecule has 1 atom stereocenters. The molecule has 1 rings (SSSR count). The maximum atomic E-state index is 5.44. The van der Waals surface area contributed by atoms with Crippen LogP contribution in [0.25, 0.3) is 0 Å². The van der Waals surface area contributed by atoms with E-state index >= 15 is 0 Å². The van der Waals surface area contributed by atoms with Crippen LogP contribution in [0.4, 0.5) is 0 Å². The quantitative estimate of drug-likeness (QED) is 0.671. The first-order chi connectivity index (χ1) is 6.24. The molecule has 1 saturated heterocycles. The van der Waals surface area contributed by atoms with Gasteiger partial charge >= 0.3 is 0 Å². The van der Waals surface area contributed by atoms with Crippen molar-refractivity contribution in [3.8, 4) is 0 Å². The fourth-order valence-corrected chi connectivity index (χ4v) is 1.19. The molecule has 0 bridgehead atoms. The Morgan fingerprint density at radius 3 is 3.00 bits per heavy atom. The highest BCUT2D eigenvalue weighted by molar-refractivity contribution is 5.20. The van der Waals surface area contributed by atoms with E-state index in [0.29, 0.717) is 5.92 Å². The Balaban J connectivity index is 2.47. The molecule has 72 valence electrons. The van der Waals surface area contributed by atoms with Crippen molar-refractivity contribution in [2.45, 2.75) is 13.3 Å². The minimum absolute atomic E-state index is 0.563. The summed E-state index contributed by atoms with van der Waals surface area (Å²) in [5.41, 5.74) is 0.905. The van der Waals surface area contributed by atoms with Crippen LogP contribution >= 0.6 is 0 Å². The highest BCUT2D eigenvalue weighted by Gasteiger charge is 2.16. The van der Waals surface area contributed by atoms with Gasteiger partial charge in [-0.25, -0.2) is 0 Å². The molecule has 0 radical (unpaired) electrons. The van der Waals surface area contributed by atoms with Gasteiger partial charge < -0.3 is 10.1 Å². The van der Waals surface area contributed by atoms with Gasteiger partial charge in [0.2, 0.25) is 0 Å². The van der Waals surface area contributed by atoms with Crippen LogP contribution in [0, 0.1) is 5.92 Å². The van der Waals surface area contributed by atoms with Crippen molar-refractivity contribution >= 4 is 0 Å². The van der Waals surface area contributed by atoms with Gasteiger partial charge in [-0.2, -0.15) is 0 Å². The van der Waals surface area contributed by atoms with E-state index in [4.69, 9.17) is 4.74 Å². The molecule has 1 fully saturated rings. The predicted molar refractivity (Wildman–Crippen MR) is 55.2 cm³/mol. The number of allylic oxidation sites excluding steroid dienone is 4. The topological polar surface area (TPSA) is 21.3 Å². The second-order valence-corrected chi connectivity index (χ2v) is 3.24. The lowest BCUT2D eigenvalue weighted by atomic mass is 10.1. The maximum Gasteiger partial charge on any atom is 0.0989 e. The van der Waals surface area contributed by atoms with E-state index in [1.165, 1.54) is 0 Å². The van der Waals surface area contributed by atoms with E-state index in [1.54, 1.807) is 0 Å². The molecule has 0 spiro atoms. The highest BCUT2D eigenvalue weighted by Crippen LogP contribution is 2.23. The molecule has 0 aromatic heterocycles. The summed E-state index contributed by atoms with van der Waals surface area (Å²) >= 11 is 0. The van der Waals surface area contributed by atoms with Crippen LogP contribution in [0.2, 0.25) is 0 Å². The van der Waals surface area contributed by atoms with E-state index in [1.807, 2.05) is 25.3 Å². The molecule has 2 nitrogen and oxygen atoms in total. The minimum Gasteiger partial charge on any atom is -0.498 e. The van der Waals surface area contributed by atoms with Gasteiger partial charge in [-0.3, -0.25) is 0 Å².